The molecule has 0 spiro atoms. The number of rotatable bonds is 5. The Balaban J connectivity index is 1.69. The maximum Gasteiger partial charge on any atom is 0.146 e. The molecule has 1 aromatic heterocycles. The summed E-state index contributed by atoms with van der Waals surface area (Å²) < 4.78 is 7.54. The highest BCUT2D eigenvalue weighted by Crippen LogP contribution is 2.32. The molecule has 0 saturated heterocycles. The third-order valence-electron chi connectivity index (χ3n) is 3.33. The van der Waals surface area contributed by atoms with E-state index in [0.29, 0.717) is 28.1 Å². The van der Waals surface area contributed by atoms with Crippen LogP contribution >= 0.6 is 23.2 Å². The molecular weight excluding hydrogens is 335 g/mol. The third kappa shape index (κ3) is 4.05. The normalized spacial score (nSPS) is 12.1. The summed E-state index contributed by atoms with van der Waals surface area (Å²) in [6.45, 7) is 0.448. The second-order valence-electron chi connectivity index (χ2n) is 5.02. The van der Waals surface area contributed by atoms with E-state index in [0.717, 1.165) is 5.56 Å². The number of aromatic nitrogens is 2. The van der Waals surface area contributed by atoms with Crippen molar-refractivity contribution < 1.29 is 9.84 Å². The van der Waals surface area contributed by atoms with Crippen molar-refractivity contribution in [2.24, 2.45) is 0 Å². The second kappa shape index (κ2) is 7.04. The zero-order valence-electron chi connectivity index (χ0n) is 12.1. The standard InChI is InChI=1S/C17H14Cl2N2O2/c18-13-3-6-17(15(19)9-13)23-14-4-1-12(2-5-14)16(22)10-21-8-7-20-11-21/h1-9,11,16,22H,10H2. The van der Waals surface area contributed by atoms with Gasteiger partial charge in [0.2, 0.25) is 0 Å². The van der Waals surface area contributed by atoms with E-state index in [1.54, 1.807) is 42.9 Å². The summed E-state index contributed by atoms with van der Waals surface area (Å²) in [6, 6.07) is 12.3. The summed E-state index contributed by atoms with van der Waals surface area (Å²) in [7, 11) is 0. The van der Waals surface area contributed by atoms with E-state index in [1.807, 2.05) is 22.9 Å². The van der Waals surface area contributed by atoms with Crippen LogP contribution in [0.1, 0.15) is 11.7 Å². The molecule has 23 heavy (non-hydrogen) atoms. The summed E-state index contributed by atoms with van der Waals surface area (Å²) in [5, 5.41) is 11.2. The number of hydrogen-bond donors (Lipinski definition) is 1. The largest absolute Gasteiger partial charge is 0.456 e. The van der Waals surface area contributed by atoms with Gasteiger partial charge < -0.3 is 14.4 Å². The van der Waals surface area contributed by atoms with Crippen LogP contribution in [0, 0.1) is 0 Å². The lowest BCUT2D eigenvalue weighted by Crippen LogP contribution is -2.06. The number of aliphatic hydroxyl groups is 1. The van der Waals surface area contributed by atoms with Crippen LogP contribution in [-0.2, 0) is 6.54 Å². The van der Waals surface area contributed by atoms with Crippen molar-refractivity contribution in [3.05, 3.63) is 76.8 Å². The Kier molecular flexibility index (Phi) is 4.86. The van der Waals surface area contributed by atoms with Gasteiger partial charge in [0.1, 0.15) is 11.5 Å². The highest BCUT2D eigenvalue weighted by molar-refractivity contribution is 6.35. The van der Waals surface area contributed by atoms with Crippen LogP contribution in [0.15, 0.2) is 61.2 Å². The van der Waals surface area contributed by atoms with Crippen LogP contribution < -0.4 is 4.74 Å². The van der Waals surface area contributed by atoms with E-state index in [-0.39, 0.29) is 0 Å². The molecule has 0 saturated carbocycles. The molecule has 118 valence electrons. The molecule has 3 aromatic rings. The SMILES string of the molecule is OC(Cn1ccnc1)c1ccc(Oc2ccc(Cl)cc2Cl)cc1. The molecule has 1 unspecified atom stereocenters. The molecule has 0 bridgehead atoms. The van der Waals surface area contributed by atoms with E-state index in [9.17, 15) is 5.11 Å². The first-order valence-electron chi connectivity index (χ1n) is 6.98. The van der Waals surface area contributed by atoms with Crippen molar-refractivity contribution >= 4 is 23.2 Å². The van der Waals surface area contributed by atoms with E-state index < -0.39 is 6.10 Å². The molecular formula is C17H14Cl2N2O2. The summed E-state index contributed by atoms with van der Waals surface area (Å²) in [5.74, 6) is 1.16. The first kappa shape index (κ1) is 15.9. The van der Waals surface area contributed by atoms with E-state index in [1.165, 1.54) is 0 Å². The van der Waals surface area contributed by atoms with Crippen LogP contribution in [-0.4, -0.2) is 14.7 Å². The van der Waals surface area contributed by atoms with Crippen molar-refractivity contribution in [3.63, 3.8) is 0 Å². The number of ether oxygens (including phenoxy) is 1. The van der Waals surface area contributed by atoms with Crippen molar-refractivity contribution in [2.75, 3.05) is 0 Å². The lowest BCUT2D eigenvalue weighted by molar-refractivity contribution is 0.156. The summed E-state index contributed by atoms with van der Waals surface area (Å²) in [4.78, 5) is 3.95. The Labute approximate surface area is 143 Å². The van der Waals surface area contributed by atoms with E-state index in [4.69, 9.17) is 27.9 Å². The van der Waals surface area contributed by atoms with Gasteiger partial charge in [-0.3, -0.25) is 0 Å². The lowest BCUT2D eigenvalue weighted by atomic mass is 10.1. The fourth-order valence-corrected chi connectivity index (χ4v) is 2.59. The van der Waals surface area contributed by atoms with Gasteiger partial charge in [-0.05, 0) is 35.9 Å². The molecule has 3 rings (SSSR count). The highest BCUT2D eigenvalue weighted by atomic mass is 35.5. The van der Waals surface area contributed by atoms with Gasteiger partial charge in [-0.2, -0.15) is 0 Å². The fourth-order valence-electron chi connectivity index (χ4n) is 2.14. The Hall–Kier alpha value is -2.01. The van der Waals surface area contributed by atoms with Crippen LogP contribution in [0.4, 0.5) is 0 Å². The van der Waals surface area contributed by atoms with Crippen LogP contribution in [0.2, 0.25) is 10.0 Å². The van der Waals surface area contributed by atoms with Gasteiger partial charge in [0.25, 0.3) is 0 Å². The molecule has 0 radical (unpaired) electrons. The lowest BCUT2D eigenvalue weighted by Gasteiger charge is -2.13. The maximum absolute atomic E-state index is 10.2. The van der Waals surface area contributed by atoms with Gasteiger partial charge in [0.05, 0.1) is 24.0 Å². The number of nitrogens with zero attached hydrogens (tertiary/aromatic N) is 2. The van der Waals surface area contributed by atoms with Crippen LogP contribution in [0.25, 0.3) is 0 Å². The fraction of sp³-hybridized carbons (Fsp3) is 0.118. The highest BCUT2D eigenvalue weighted by Gasteiger charge is 2.09. The second-order valence-corrected chi connectivity index (χ2v) is 5.86. The Morgan fingerprint density at radius 3 is 2.57 bits per heavy atom. The minimum Gasteiger partial charge on any atom is -0.456 e. The minimum absolute atomic E-state index is 0.446. The monoisotopic (exact) mass is 348 g/mol. The Bertz CT molecular complexity index is 774. The molecule has 2 aromatic carbocycles. The summed E-state index contributed by atoms with van der Waals surface area (Å²) >= 11 is 11.9. The molecule has 0 aliphatic rings. The Morgan fingerprint density at radius 1 is 1.13 bits per heavy atom. The zero-order chi connectivity index (χ0) is 16.2. The molecule has 0 aliphatic carbocycles. The number of halogens is 2. The maximum atomic E-state index is 10.2. The molecule has 4 nitrogen and oxygen atoms in total. The van der Waals surface area contributed by atoms with Crippen molar-refractivity contribution in [1.82, 2.24) is 9.55 Å². The molecule has 0 amide bonds. The predicted octanol–water partition coefficient (Wildman–Crippen LogP) is 4.72. The van der Waals surface area contributed by atoms with Gasteiger partial charge in [-0.25, -0.2) is 4.98 Å². The first-order valence-corrected chi connectivity index (χ1v) is 7.74. The average molecular weight is 349 g/mol. The first-order chi connectivity index (χ1) is 11.1. The van der Waals surface area contributed by atoms with Crippen molar-refractivity contribution in [2.45, 2.75) is 12.6 Å². The Morgan fingerprint density at radius 2 is 1.91 bits per heavy atom. The van der Waals surface area contributed by atoms with Gasteiger partial charge in [0.15, 0.2) is 0 Å². The molecule has 1 N–H and O–H groups in total. The van der Waals surface area contributed by atoms with E-state index >= 15 is 0 Å². The van der Waals surface area contributed by atoms with E-state index in [2.05, 4.69) is 4.98 Å². The molecule has 1 atom stereocenters. The van der Waals surface area contributed by atoms with Crippen LogP contribution in [0.5, 0.6) is 11.5 Å². The predicted molar refractivity (Wildman–Crippen MR) is 90.2 cm³/mol. The molecule has 0 fully saturated rings. The molecule has 6 heteroatoms. The summed E-state index contributed by atoms with van der Waals surface area (Å²) in [5.41, 5.74) is 0.799. The van der Waals surface area contributed by atoms with Gasteiger partial charge >= 0.3 is 0 Å². The van der Waals surface area contributed by atoms with Crippen molar-refractivity contribution in [3.8, 4) is 11.5 Å². The number of hydrogen-bond acceptors (Lipinski definition) is 3. The topological polar surface area (TPSA) is 47.3 Å². The van der Waals surface area contributed by atoms with Gasteiger partial charge in [0, 0.05) is 17.4 Å². The number of imidazole rings is 1. The zero-order valence-corrected chi connectivity index (χ0v) is 13.6. The quantitative estimate of drug-likeness (QED) is 0.725. The molecule has 1 heterocycles. The third-order valence-corrected chi connectivity index (χ3v) is 3.86. The molecule has 0 aliphatic heterocycles. The summed E-state index contributed by atoms with van der Waals surface area (Å²) in [6.07, 6.45) is 4.55. The number of aliphatic hydroxyl groups excluding tert-OH is 1. The van der Waals surface area contributed by atoms with Crippen LogP contribution in [0.3, 0.4) is 0 Å². The minimum atomic E-state index is -0.614. The number of benzene rings is 2. The van der Waals surface area contributed by atoms with Gasteiger partial charge in [-0.1, -0.05) is 35.3 Å². The van der Waals surface area contributed by atoms with Gasteiger partial charge in [-0.15, -0.1) is 0 Å². The average Bonchev–Trinajstić information content (AvgIpc) is 3.04. The smallest absolute Gasteiger partial charge is 0.146 e. The van der Waals surface area contributed by atoms with Crippen molar-refractivity contribution in [1.29, 1.82) is 0 Å².